The number of amides is 1. The number of ether oxygens (including phenoxy) is 4. The second-order valence-corrected chi connectivity index (χ2v) is 8.81. The van der Waals surface area contributed by atoms with Gasteiger partial charge < -0.3 is 24.3 Å². The first-order valence-electron chi connectivity index (χ1n) is 10.8. The molecule has 0 fully saturated rings. The molecule has 1 N–H and O–H groups in total. The maximum atomic E-state index is 13.0. The zero-order chi connectivity index (χ0) is 24.1. The Morgan fingerprint density at radius 2 is 1.82 bits per heavy atom. The first-order valence-corrected chi connectivity index (χ1v) is 11.6. The summed E-state index contributed by atoms with van der Waals surface area (Å²) in [5.41, 5.74) is 1.26. The van der Waals surface area contributed by atoms with Crippen LogP contribution in [0.25, 0.3) is 0 Å². The molecular formula is C25H24BrNO7. The molecule has 2 aliphatic rings. The van der Waals surface area contributed by atoms with Crippen LogP contribution in [0.2, 0.25) is 0 Å². The predicted octanol–water partition coefficient (Wildman–Crippen LogP) is 3.78. The molecule has 34 heavy (non-hydrogen) atoms. The Morgan fingerprint density at radius 1 is 1.09 bits per heavy atom. The standard InChI is InChI=1S/C25H24BrNO7/c1-31-25(30)22(23(28)27-13-17-11-20-21(12-19(17)26)33-14-32-20)15-7-9-18(10-8-15)34-24(29)16-5-3-2-4-6-16/h2-7,9,11-12,15,18,22H,8,10,13-14H2,1H3,(H,27,28)/t15?,18-,22?/m0/s1. The van der Waals surface area contributed by atoms with Crippen LogP contribution in [0.3, 0.4) is 0 Å². The summed E-state index contributed by atoms with van der Waals surface area (Å²) in [7, 11) is 1.26. The Balaban J connectivity index is 1.39. The molecule has 1 aliphatic carbocycles. The third-order valence-electron chi connectivity index (χ3n) is 5.79. The van der Waals surface area contributed by atoms with E-state index in [2.05, 4.69) is 21.2 Å². The fraction of sp³-hybridized carbons (Fsp3) is 0.320. The van der Waals surface area contributed by atoms with E-state index in [1.807, 2.05) is 6.07 Å². The van der Waals surface area contributed by atoms with Gasteiger partial charge in [-0.05, 0) is 54.7 Å². The van der Waals surface area contributed by atoms with Gasteiger partial charge in [0.1, 0.15) is 12.0 Å². The molecule has 3 atom stereocenters. The highest BCUT2D eigenvalue weighted by Gasteiger charge is 2.36. The van der Waals surface area contributed by atoms with E-state index in [1.54, 1.807) is 48.6 Å². The second-order valence-electron chi connectivity index (χ2n) is 7.95. The van der Waals surface area contributed by atoms with Crippen LogP contribution in [0.5, 0.6) is 11.5 Å². The minimum absolute atomic E-state index is 0.150. The minimum atomic E-state index is -1.01. The van der Waals surface area contributed by atoms with E-state index in [4.69, 9.17) is 18.9 Å². The van der Waals surface area contributed by atoms with Crippen molar-refractivity contribution < 1.29 is 33.3 Å². The lowest BCUT2D eigenvalue weighted by Crippen LogP contribution is -2.41. The molecule has 0 bridgehead atoms. The number of hydrogen-bond acceptors (Lipinski definition) is 7. The lowest BCUT2D eigenvalue weighted by atomic mass is 9.83. The highest BCUT2D eigenvalue weighted by atomic mass is 79.9. The number of benzene rings is 2. The van der Waals surface area contributed by atoms with Crippen LogP contribution in [0.4, 0.5) is 0 Å². The number of hydrogen-bond donors (Lipinski definition) is 1. The monoisotopic (exact) mass is 529 g/mol. The summed E-state index contributed by atoms with van der Waals surface area (Å²) in [6.07, 6.45) is 4.05. The van der Waals surface area contributed by atoms with E-state index < -0.39 is 29.9 Å². The predicted molar refractivity (Wildman–Crippen MR) is 125 cm³/mol. The Labute approximate surface area is 205 Å². The summed E-state index contributed by atoms with van der Waals surface area (Å²) in [5, 5.41) is 2.82. The van der Waals surface area contributed by atoms with Gasteiger partial charge in [-0.15, -0.1) is 0 Å². The van der Waals surface area contributed by atoms with Gasteiger partial charge in [0.25, 0.3) is 0 Å². The van der Waals surface area contributed by atoms with Crippen molar-refractivity contribution in [1.82, 2.24) is 5.32 Å². The first-order chi connectivity index (χ1) is 16.5. The molecule has 1 amide bonds. The Hall–Kier alpha value is -3.33. The van der Waals surface area contributed by atoms with Gasteiger partial charge in [0.15, 0.2) is 11.5 Å². The van der Waals surface area contributed by atoms with Crippen LogP contribution in [0.15, 0.2) is 59.1 Å². The van der Waals surface area contributed by atoms with Crippen molar-refractivity contribution in [2.45, 2.75) is 25.5 Å². The van der Waals surface area contributed by atoms with Crippen LogP contribution in [-0.2, 0) is 25.6 Å². The number of fused-ring (bicyclic) bond motifs is 1. The average Bonchev–Trinajstić information content (AvgIpc) is 3.31. The third-order valence-corrected chi connectivity index (χ3v) is 6.52. The number of methoxy groups -OCH3 is 1. The molecule has 1 heterocycles. The molecule has 1 aliphatic heterocycles. The van der Waals surface area contributed by atoms with Gasteiger partial charge in [-0.25, -0.2) is 4.79 Å². The fourth-order valence-corrected chi connectivity index (χ4v) is 4.42. The Bertz CT molecular complexity index is 1100. The van der Waals surface area contributed by atoms with E-state index >= 15 is 0 Å². The van der Waals surface area contributed by atoms with Gasteiger partial charge >= 0.3 is 11.9 Å². The normalized spacial score (nSPS) is 19.2. The topological polar surface area (TPSA) is 100 Å². The largest absolute Gasteiger partial charge is 0.468 e. The second kappa shape index (κ2) is 10.7. The summed E-state index contributed by atoms with van der Waals surface area (Å²) in [6.45, 7) is 0.342. The van der Waals surface area contributed by atoms with Crippen LogP contribution in [-0.4, -0.2) is 37.9 Å². The summed E-state index contributed by atoms with van der Waals surface area (Å²) in [5.74, 6) is -1.63. The van der Waals surface area contributed by atoms with Crippen LogP contribution in [0.1, 0.15) is 28.8 Å². The molecule has 0 saturated carbocycles. The first kappa shape index (κ1) is 23.8. The van der Waals surface area contributed by atoms with Crippen molar-refractivity contribution in [3.8, 4) is 11.5 Å². The van der Waals surface area contributed by atoms with E-state index in [9.17, 15) is 14.4 Å². The average molecular weight is 530 g/mol. The molecular weight excluding hydrogens is 506 g/mol. The molecule has 4 rings (SSSR count). The fourth-order valence-electron chi connectivity index (χ4n) is 3.96. The van der Waals surface area contributed by atoms with Gasteiger partial charge in [-0.3, -0.25) is 9.59 Å². The van der Waals surface area contributed by atoms with Crippen molar-refractivity contribution in [1.29, 1.82) is 0 Å². The van der Waals surface area contributed by atoms with Gasteiger partial charge in [-0.1, -0.05) is 40.2 Å². The summed E-state index contributed by atoms with van der Waals surface area (Å²) in [4.78, 5) is 37.8. The van der Waals surface area contributed by atoms with Gasteiger partial charge in [0.05, 0.1) is 12.7 Å². The lowest BCUT2D eigenvalue weighted by molar-refractivity contribution is -0.152. The molecule has 0 saturated heterocycles. The molecule has 2 aromatic rings. The maximum absolute atomic E-state index is 13.0. The number of nitrogens with one attached hydrogen (secondary N) is 1. The summed E-state index contributed by atoms with van der Waals surface area (Å²) >= 11 is 3.47. The van der Waals surface area contributed by atoms with Crippen LogP contribution in [0, 0.1) is 11.8 Å². The number of carbonyl (C=O) groups excluding carboxylic acids is 3. The minimum Gasteiger partial charge on any atom is -0.468 e. The highest BCUT2D eigenvalue weighted by molar-refractivity contribution is 9.10. The van der Waals surface area contributed by atoms with E-state index in [1.165, 1.54) is 7.11 Å². The van der Waals surface area contributed by atoms with Crippen molar-refractivity contribution in [3.63, 3.8) is 0 Å². The van der Waals surface area contributed by atoms with E-state index in [0.717, 1.165) is 10.0 Å². The number of allylic oxidation sites excluding steroid dienone is 1. The van der Waals surface area contributed by atoms with Gasteiger partial charge in [0, 0.05) is 11.0 Å². The molecule has 9 heteroatoms. The van der Waals surface area contributed by atoms with E-state index in [-0.39, 0.29) is 19.3 Å². The zero-order valence-corrected chi connectivity index (χ0v) is 20.1. The van der Waals surface area contributed by atoms with Crippen LogP contribution < -0.4 is 14.8 Å². The zero-order valence-electron chi connectivity index (χ0n) is 18.5. The number of rotatable bonds is 7. The molecule has 2 aromatic carbocycles. The highest BCUT2D eigenvalue weighted by Crippen LogP contribution is 2.37. The van der Waals surface area contributed by atoms with Crippen molar-refractivity contribution in [2.75, 3.05) is 13.9 Å². The smallest absolute Gasteiger partial charge is 0.338 e. The van der Waals surface area contributed by atoms with Crippen LogP contribution >= 0.6 is 15.9 Å². The summed E-state index contributed by atoms with van der Waals surface area (Å²) in [6, 6.07) is 12.3. The number of halogens is 1. The maximum Gasteiger partial charge on any atom is 0.338 e. The van der Waals surface area contributed by atoms with Gasteiger partial charge in [0.2, 0.25) is 12.7 Å². The molecule has 0 aromatic heterocycles. The van der Waals surface area contributed by atoms with Crippen molar-refractivity contribution in [3.05, 3.63) is 70.2 Å². The number of carbonyl (C=O) groups is 3. The van der Waals surface area contributed by atoms with Gasteiger partial charge in [-0.2, -0.15) is 0 Å². The number of esters is 2. The Kier molecular flexibility index (Phi) is 7.52. The van der Waals surface area contributed by atoms with Crippen molar-refractivity contribution in [2.24, 2.45) is 11.8 Å². The van der Waals surface area contributed by atoms with E-state index in [0.29, 0.717) is 29.9 Å². The molecule has 2 unspecified atom stereocenters. The third kappa shape index (κ3) is 5.41. The SMILES string of the molecule is COC(=O)C(C(=O)NCc1cc2c(cc1Br)OCO2)C1C=C[C@H](OC(=O)c2ccccc2)CC1. The molecule has 0 spiro atoms. The molecule has 178 valence electrons. The lowest BCUT2D eigenvalue weighted by Gasteiger charge is -2.27. The van der Waals surface area contributed by atoms with Crippen molar-refractivity contribution >= 4 is 33.8 Å². The quantitative estimate of drug-likeness (QED) is 0.331. The summed E-state index contributed by atoms with van der Waals surface area (Å²) < 4.78 is 21.9. The Morgan fingerprint density at radius 3 is 2.50 bits per heavy atom. The molecule has 8 nitrogen and oxygen atoms in total. The molecule has 0 radical (unpaired) electrons.